The number of rotatable bonds is 5. The summed E-state index contributed by atoms with van der Waals surface area (Å²) in [7, 11) is 3.15. The van der Waals surface area contributed by atoms with Gasteiger partial charge in [-0.05, 0) is 46.1 Å². The quantitative estimate of drug-likeness (QED) is 0.887. The third kappa shape index (κ3) is 3.36. The summed E-state index contributed by atoms with van der Waals surface area (Å²) < 4.78 is 25.1. The Balaban J connectivity index is 2.33. The van der Waals surface area contributed by atoms with Crippen molar-refractivity contribution in [3.8, 4) is 11.5 Å². The predicted molar refractivity (Wildman–Crippen MR) is 84.3 cm³/mol. The molecule has 0 spiro atoms. The van der Waals surface area contributed by atoms with Crippen molar-refractivity contribution in [2.45, 2.75) is 12.5 Å². The zero-order valence-electron chi connectivity index (χ0n) is 11.9. The first-order valence-electron chi connectivity index (χ1n) is 6.47. The van der Waals surface area contributed by atoms with Crippen LogP contribution in [0, 0.1) is 5.82 Å². The lowest BCUT2D eigenvalue weighted by Gasteiger charge is -2.18. The van der Waals surface area contributed by atoms with E-state index in [1.807, 2.05) is 12.1 Å². The van der Waals surface area contributed by atoms with E-state index >= 15 is 0 Å². The van der Waals surface area contributed by atoms with Gasteiger partial charge in [-0.25, -0.2) is 4.39 Å². The summed E-state index contributed by atoms with van der Waals surface area (Å²) in [5.74, 6) is 1.02. The van der Waals surface area contributed by atoms with Crippen molar-refractivity contribution in [2.75, 3.05) is 14.2 Å². The highest BCUT2D eigenvalue weighted by molar-refractivity contribution is 9.10. The molecule has 0 saturated heterocycles. The van der Waals surface area contributed by atoms with E-state index in [1.54, 1.807) is 32.4 Å². The van der Waals surface area contributed by atoms with Gasteiger partial charge in [-0.3, -0.25) is 0 Å². The third-order valence-electron chi connectivity index (χ3n) is 3.31. The minimum Gasteiger partial charge on any atom is -0.495 e. The minimum absolute atomic E-state index is 0.250. The summed E-state index contributed by atoms with van der Waals surface area (Å²) in [6.45, 7) is 0. The van der Waals surface area contributed by atoms with Gasteiger partial charge in [0.05, 0.1) is 14.2 Å². The molecule has 0 aromatic heterocycles. The highest BCUT2D eigenvalue weighted by atomic mass is 79.9. The van der Waals surface area contributed by atoms with Crippen LogP contribution in [0.4, 0.5) is 4.39 Å². The number of hydrogen-bond acceptors (Lipinski definition) is 3. The Morgan fingerprint density at radius 2 is 1.86 bits per heavy atom. The van der Waals surface area contributed by atoms with E-state index in [-0.39, 0.29) is 11.9 Å². The van der Waals surface area contributed by atoms with Crippen LogP contribution < -0.4 is 15.2 Å². The molecule has 0 bridgehead atoms. The summed E-state index contributed by atoms with van der Waals surface area (Å²) in [6, 6.07) is 9.90. The van der Waals surface area contributed by atoms with Crippen molar-refractivity contribution in [3.05, 3.63) is 57.8 Å². The summed E-state index contributed by atoms with van der Waals surface area (Å²) in [5, 5.41) is 0. The van der Waals surface area contributed by atoms with Crippen LogP contribution >= 0.6 is 15.9 Å². The van der Waals surface area contributed by atoms with Crippen molar-refractivity contribution in [2.24, 2.45) is 5.73 Å². The molecule has 0 heterocycles. The standard InChI is InChI=1S/C16H17BrFNO2/c1-20-14-8-7-11(16(21-2)15(14)17)13(19)9-10-5-3-4-6-12(10)18/h3-8,13H,9,19H2,1-2H3. The first-order valence-corrected chi connectivity index (χ1v) is 7.27. The van der Waals surface area contributed by atoms with Gasteiger partial charge in [0.2, 0.25) is 0 Å². The lowest BCUT2D eigenvalue weighted by molar-refractivity contribution is 0.383. The van der Waals surface area contributed by atoms with Crippen molar-refractivity contribution in [3.63, 3.8) is 0 Å². The zero-order valence-corrected chi connectivity index (χ0v) is 13.5. The first-order chi connectivity index (χ1) is 10.1. The average Bonchev–Trinajstić information content (AvgIpc) is 2.49. The van der Waals surface area contributed by atoms with Crippen LogP contribution in [0.3, 0.4) is 0 Å². The second-order valence-corrected chi connectivity index (χ2v) is 5.40. The van der Waals surface area contributed by atoms with E-state index in [2.05, 4.69) is 15.9 Å². The van der Waals surface area contributed by atoms with Gasteiger partial charge in [-0.15, -0.1) is 0 Å². The summed E-state index contributed by atoms with van der Waals surface area (Å²) in [4.78, 5) is 0. The van der Waals surface area contributed by atoms with Crippen LogP contribution in [-0.4, -0.2) is 14.2 Å². The number of methoxy groups -OCH3 is 2. The van der Waals surface area contributed by atoms with Crippen LogP contribution in [0.25, 0.3) is 0 Å². The largest absolute Gasteiger partial charge is 0.495 e. The van der Waals surface area contributed by atoms with Gasteiger partial charge in [0, 0.05) is 11.6 Å². The van der Waals surface area contributed by atoms with Crippen molar-refractivity contribution in [1.82, 2.24) is 0 Å². The van der Waals surface area contributed by atoms with Gasteiger partial charge < -0.3 is 15.2 Å². The fourth-order valence-electron chi connectivity index (χ4n) is 2.22. The van der Waals surface area contributed by atoms with Crippen LogP contribution in [-0.2, 0) is 6.42 Å². The summed E-state index contributed by atoms with van der Waals surface area (Å²) in [6.07, 6.45) is 0.391. The Labute approximate surface area is 132 Å². The van der Waals surface area contributed by atoms with E-state index in [0.29, 0.717) is 28.0 Å². The molecule has 2 aromatic carbocycles. The fraction of sp³-hybridized carbons (Fsp3) is 0.250. The molecule has 1 unspecified atom stereocenters. The highest BCUT2D eigenvalue weighted by Gasteiger charge is 2.19. The van der Waals surface area contributed by atoms with E-state index in [0.717, 1.165) is 5.56 Å². The van der Waals surface area contributed by atoms with Crippen LogP contribution in [0.15, 0.2) is 40.9 Å². The van der Waals surface area contributed by atoms with E-state index in [1.165, 1.54) is 6.07 Å². The van der Waals surface area contributed by atoms with Crippen molar-refractivity contribution >= 4 is 15.9 Å². The number of hydrogen-bond donors (Lipinski definition) is 1. The molecule has 3 nitrogen and oxygen atoms in total. The molecule has 0 fully saturated rings. The molecular formula is C16H17BrFNO2. The fourth-order valence-corrected chi connectivity index (χ4v) is 2.91. The van der Waals surface area contributed by atoms with Gasteiger partial charge in [-0.2, -0.15) is 0 Å². The molecule has 21 heavy (non-hydrogen) atoms. The predicted octanol–water partition coefficient (Wildman–Crippen LogP) is 3.85. The van der Waals surface area contributed by atoms with Gasteiger partial charge in [0.25, 0.3) is 0 Å². The average molecular weight is 354 g/mol. The summed E-state index contributed by atoms with van der Waals surface area (Å²) >= 11 is 3.44. The number of benzene rings is 2. The first kappa shape index (κ1) is 15.8. The zero-order chi connectivity index (χ0) is 15.4. The van der Waals surface area contributed by atoms with Crippen molar-refractivity contribution < 1.29 is 13.9 Å². The molecular weight excluding hydrogens is 337 g/mol. The maximum atomic E-state index is 13.7. The SMILES string of the molecule is COc1ccc(C(N)Cc2ccccc2F)c(OC)c1Br. The molecule has 0 aliphatic carbocycles. The second-order valence-electron chi connectivity index (χ2n) is 4.61. The molecule has 2 rings (SSSR count). The second kappa shape index (κ2) is 6.91. The number of nitrogens with two attached hydrogens (primary N) is 1. The molecule has 0 amide bonds. The van der Waals surface area contributed by atoms with Gasteiger partial charge in [0.15, 0.2) is 0 Å². The molecule has 112 valence electrons. The van der Waals surface area contributed by atoms with Gasteiger partial charge in [-0.1, -0.05) is 18.2 Å². The monoisotopic (exact) mass is 353 g/mol. The normalized spacial score (nSPS) is 12.0. The molecule has 0 radical (unpaired) electrons. The molecule has 0 aliphatic rings. The number of halogens is 2. The molecule has 2 N–H and O–H groups in total. The van der Waals surface area contributed by atoms with Crippen LogP contribution in [0.1, 0.15) is 17.2 Å². The highest BCUT2D eigenvalue weighted by Crippen LogP contribution is 2.39. The maximum Gasteiger partial charge on any atom is 0.141 e. The van der Waals surface area contributed by atoms with Gasteiger partial charge in [0.1, 0.15) is 21.8 Å². The Morgan fingerprint density at radius 1 is 1.14 bits per heavy atom. The molecule has 5 heteroatoms. The van der Waals surface area contributed by atoms with E-state index < -0.39 is 0 Å². The number of ether oxygens (including phenoxy) is 2. The Hall–Kier alpha value is -1.59. The van der Waals surface area contributed by atoms with Crippen LogP contribution in [0.5, 0.6) is 11.5 Å². The maximum absolute atomic E-state index is 13.7. The molecule has 0 saturated carbocycles. The smallest absolute Gasteiger partial charge is 0.141 e. The molecule has 1 atom stereocenters. The lowest BCUT2D eigenvalue weighted by Crippen LogP contribution is -2.15. The van der Waals surface area contributed by atoms with Crippen LogP contribution in [0.2, 0.25) is 0 Å². The Bertz CT molecular complexity index is 634. The van der Waals surface area contributed by atoms with Gasteiger partial charge >= 0.3 is 0 Å². The van der Waals surface area contributed by atoms with E-state index in [4.69, 9.17) is 15.2 Å². The summed E-state index contributed by atoms with van der Waals surface area (Å²) in [5.41, 5.74) is 7.61. The topological polar surface area (TPSA) is 44.5 Å². The lowest BCUT2D eigenvalue weighted by atomic mass is 9.98. The Kier molecular flexibility index (Phi) is 5.20. The third-order valence-corrected chi connectivity index (χ3v) is 4.06. The molecule has 2 aromatic rings. The molecule has 0 aliphatic heterocycles. The Morgan fingerprint density at radius 3 is 2.48 bits per heavy atom. The minimum atomic E-state index is -0.376. The van der Waals surface area contributed by atoms with E-state index in [9.17, 15) is 4.39 Å². The van der Waals surface area contributed by atoms with Crippen molar-refractivity contribution in [1.29, 1.82) is 0 Å².